The third-order valence-electron chi connectivity index (χ3n) is 4.97. The van der Waals surface area contributed by atoms with Crippen molar-refractivity contribution < 1.29 is 13.2 Å². The second-order valence-electron chi connectivity index (χ2n) is 7.21. The SMILES string of the molecule is C/C(=N/NC(=O)CN1CCN(S(=O)(=O)c2ccc(C)cc2)CC1)c1ccccc1Cl. The van der Waals surface area contributed by atoms with E-state index in [4.69, 9.17) is 11.6 Å². The van der Waals surface area contributed by atoms with Gasteiger partial charge in [-0.25, -0.2) is 13.8 Å². The van der Waals surface area contributed by atoms with Crippen molar-refractivity contribution in [3.05, 3.63) is 64.7 Å². The lowest BCUT2D eigenvalue weighted by Gasteiger charge is -2.33. The number of carbonyl (C=O) groups is 1. The van der Waals surface area contributed by atoms with Crippen molar-refractivity contribution in [3.8, 4) is 0 Å². The maximum Gasteiger partial charge on any atom is 0.254 e. The van der Waals surface area contributed by atoms with Crippen LogP contribution in [0.2, 0.25) is 5.02 Å². The quantitative estimate of drug-likeness (QED) is 0.543. The number of halogens is 1. The number of hydrogen-bond donors (Lipinski definition) is 1. The fraction of sp³-hybridized carbons (Fsp3) is 0.333. The largest absolute Gasteiger partial charge is 0.292 e. The minimum Gasteiger partial charge on any atom is -0.292 e. The molecule has 0 aliphatic carbocycles. The smallest absolute Gasteiger partial charge is 0.254 e. The fourth-order valence-electron chi connectivity index (χ4n) is 3.19. The number of benzene rings is 2. The van der Waals surface area contributed by atoms with E-state index >= 15 is 0 Å². The number of nitrogens with zero attached hydrogens (tertiary/aromatic N) is 3. The highest BCUT2D eigenvalue weighted by molar-refractivity contribution is 7.89. The summed E-state index contributed by atoms with van der Waals surface area (Å²) in [7, 11) is -3.52. The molecule has 1 heterocycles. The van der Waals surface area contributed by atoms with E-state index in [1.165, 1.54) is 4.31 Å². The average Bonchev–Trinajstić information content (AvgIpc) is 2.73. The number of rotatable bonds is 6. The average molecular weight is 449 g/mol. The molecule has 0 spiro atoms. The van der Waals surface area contributed by atoms with Crippen LogP contribution in [0.5, 0.6) is 0 Å². The summed E-state index contributed by atoms with van der Waals surface area (Å²) in [4.78, 5) is 14.4. The van der Waals surface area contributed by atoms with Crippen LogP contribution in [0.3, 0.4) is 0 Å². The van der Waals surface area contributed by atoms with Crippen molar-refractivity contribution in [3.63, 3.8) is 0 Å². The molecule has 160 valence electrons. The van der Waals surface area contributed by atoms with Gasteiger partial charge in [0.1, 0.15) is 0 Å². The van der Waals surface area contributed by atoms with Crippen LogP contribution in [0.4, 0.5) is 0 Å². The number of hydrogen-bond acceptors (Lipinski definition) is 5. The zero-order chi connectivity index (χ0) is 21.7. The van der Waals surface area contributed by atoms with E-state index in [2.05, 4.69) is 10.5 Å². The summed E-state index contributed by atoms with van der Waals surface area (Å²) in [5.74, 6) is -0.253. The van der Waals surface area contributed by atoms with E-state index in [9.17, 15) is 13.2 Å². The molecule has 30 heavy (non-hydrogen) atoms. The van der Waals surface area contributed by atoms with Gasteiger partial charge in [0, 0.05) is 36.8 Å². The van der Waals surface area contributed by atoms with Gasteiger partial charge >= 0.3 is 0 Å². The first kappa shape index (κ1) is 22.4. The van der Waals surface area contributed by atoms with Gasteiger partial charge in [0.2, 0.25) is 10.0 Å². The Morgan fingerprint density at radius 2 is 1.70 bits per heavy atom. The molecule has 1 saturated heterocycles. The van der Waals surface area contributed by atoms with Gasteiger partial charge < -0.3 is 0 Å². The maximum atomic E-state index is 12.8. The number of piperazine rings is 1. The highest BCUT2D eigenvalue weighted by Crippen LogP contribution is 2.18. The van der Waals surface area contributed by atoms with E-state index < -0.39 is 10.0 Å². The number of nitrogens with one attached hydrogen (secondary N) is 1. The van der Waals surface area contributed by atoms with Gasteiger partial charge in [0.25, 0.3) is 5.91 Å². The molecule has 1 amide bonds. The van der Waals surface area contributed by atoms with E-state index in [1.807, 2.05) is 30.0 Å². The first-order chi connectivity index (χ1) is 14.3. The van der Waals surface area contributed by atoms with Crippen LogP contribution in [0.15, 0.2) is 58.5 Å². The lowest BCUT2D eigenvalue weighted by Crippen LogP contribution is -2.50. The molecular formula is C21H25ClN4O3S. The first-order valence-electron chi connectivity index (χ1n) is 9.64. The molecule has 0 atom stereocenters. The molecule has 7 nitrogen and oxygen atoms in total. The monoisotopic (exact) mass is 448 g/mol. The van der Waals surface area contributed by atoms with E-state index in [0.717, 1.165) is 11.1 Å². The van der Waals surface area contributed by atoms with Gasteiger partial charge in [-0.2, -0.15) is 9.41 Å². The highest BCUT2D eigenvalue weighted by atomic mass is 35.5. The van der Waals surface area contributed by atoms with Crippen LogP contribution < -0.4 is 5.43 Å². The molecule has 1 aliphatic heterocycles. The molecule has 3 rings (SSSR count). The van der Waals surface area contributed by atoms with Crippen LogP contribution in [-0.4, -0.2) is 62.0 Å². The maximum absolute atomic E-state index is 12.8. The number of sulfonamides is 1. The second-order valence-corrected chi connectivity index (χ2v) is 9.55. The molecule has 9 heteroatoms. The Morgan fingerprint density at radius 3 is 2.33 bits per heavy atom. The van der Waals surface area contributed by atoms with Crippen LogP contribution in [-0.2, 0) is 14.8 Å². The van der Waals surface area contributed by atoms with Crippen molar-refractivity contribution in [2.24, 2.45) is 5.10 Å². The van der Waals surface area contributed by atoms with Crippen LogP contribution in [0, 0.1) is 6.92 Å². The molecule has 0 saturated carbocycles. The van der Waals surface area contributed by atoms with Gasteiger partial charge in [-0.3, -0.25) is 9.69 Å². The van der Waals surface area contributed by atoms with Crippen molar-refractivity contribution in [1.29, 1.82) is 0 Å². The zero-order valence-corrected chi connectivity index (χ0v) is 18.6. The zero-order valence-electron chi connectivity index (χ0n) is 17.0. The molecule has 2 aromatic rings. The molecule has 0 bridgehead atoms. The van der Waals surface area contributed by atoms with Crippen molar-refractivity contribution >= 4 is 33.2 Å². The molecule has 0 radical (unpaired) electrons. The van der Waals surface area contributed by atoms with E-state index in [-0.39, 0.29) is 12.5 Å². The molecule has 2 aromatic carbocycles. The summed E-state index contributed by atoms with van der Waals surface area (Å²) >= 11 is 6.14. The summed E-state index contributed by atoms with van der Waals surface area (Å²) in [5.41, 5.74) is 4.93. The predicted octanol–water partition coefficient (Wildman–Crippen LogP) is 2.50. The molecule has 0 aromatic heterocycles. The number of hydrazone groups is 1. The highest BCUT2D eigenvalue weighted by Gasteiger charge is 2.28. The van der Waals surface area contributed by atoms with Crippen LogP contribution in [0.25, 0.3) is 0 Å². The first-order valence-corrected chi connectivity index (χ1v) is 11.5. The summed E-state index contributed by atoms with van der Waals surface area (Å²) < 4.78 is 27.0. The van der Waals surface area contributed by atoms with E-state index in [1.54, 1.807) is 37.3 Å². The van der Waals surface area contributed by atoms with Gasteiger partial charge in [0.05, 0.1) is 17.2 Å². The molecule has 1 aliphatic rings. The van der Waals surface area contributed by atoms with E-state index in [0.29, 0.717) is 41.8 Å². The number of amides is 1. The Labute approximate surface area is 182 Å². The number of carbonyl (C=O) groups excluding carboxylic acids is 1. The number of aryl methyl sites for hydroxylation is 1. The molecule has 0 unspecified atom stereocenters. The third-order valence-corrected chi connectivity index (χ3v) is 7.21. The standard InChI is InChI=1S/C21H25ClN4O3S/c1-16-7-9-18(10-8-16)30(28,29)26-13-11-25(12-14-26)15-21(27)24-23-17(2)19-5-3-4-6-20(19)22/h3-10H,11-15H2,1-2H3,(H,24,27)/b23-17-. The van der Waals surface area contributed by atoms with Crippen molar-refractivity contribution in [2.45, 2.75) is 18.7 Å². The molecular weight excluding hydrogens is 424 g/mol. The summed E-state index contributed by atoms with van der Waals surface area (Å²) in [6, 6.07) is 14.1. The van der Waals surface area contributed by atoms with Gasteiger partial charge in [0.15, 0.2) is 0 Å². The topological polar surface area (TPSA) is 82.1 Å². The summed E-state index contributed by atoms with van der Waals surface area (Å²) in [6.07, 6.45) is 0. The Kier molecular flexibility index (Phi) is 7.25. The fourth-order valence-corrected chi connectivity index (χ4v) is 4.88. The molecule has 1 N–H and O–H groups in total. The minimum absolute atomic E-state index is 0.151. The minimum atomic E-state index is -3.52. The Hall–Kier alpha value is -2.26. The normalized spacial score (nSPS) is 16.4. The Morgan fingerprint density at radius 1 is 1.07 bits per heavy atom. The van der Waals surface area contributed by atoms with Crippen molar-refractivity contribution in [1.82, 2.24) is 14.6 Å². The predicted molar refractivity (Wildman–Crippen MR) is 118 cm³/mol. The van der Waals surface area contributed by atoms with Gasteiger partial charge in [-0.05, 0) is 32.0 Å². The third kappa shape index (κ3) is 5.46. The molecule has 1 fully saturated rings. The summed E-state index contributed by atoms with van der Waals surface area (Å²) in [6.45, 7) is 5.47. The Balaban J connectivity index is 1.52. The van der Waals surface area contributed by atoms with Gasteiger partial charge in [-0.1, -0.05) is 47.5 Å². The van der Waals surface area contributed by atoms with Crippen LogP contribution in [0.1, 0.15) is 18.1 Å². The lowest BCUT2D eigenvalue weighted by atomic mass is 10.1. The van der Waals surface area contributed by atoms with Gasteiger partial charge in [-0.15, -0.1) is 0 Å². The summed E-state index contributed by atoms with van der Waals surface area (Å²) in [5, 5.41) is 4.69. The Bertz CT molecular complexity index is 1030. The second kappa shape index (κ2) is 9.70. The van der Waals surface area contributed by atoms with Crippen molar-refractivity contribution in [2.75, 3.05) is 32.7 Å². The lowest BCUT2D eigenvalue weighted by molar-refractivity contribution is -0.122. The van der Waals surface area contributed by atoms with Crippen LogP contribution >= 0.6 is 11.6 Å².